The number of rotatable bonds is 4. The fourth-order valence-corrected chi connectivity index (χ4v) is 4.36. The third-order valence-corrected chi connectivity index (χ3v) is 6.11. The summed E-state index contributed by atoms with van der Waals surface area (Å²) in [7, 11) is 0. The van der Waals surface area contributed by atoms with Crippen LogP contribution in [0.5, 0.6) is 0 Å². The number of carbonyl (C=O) groups excluding carboxylic acids is 3. The van der Waals surface area contributed by atoms with E-state index in [2.05, 4.69) is 27.3 Å². The summed E-state index contributed by atoms with van der Waals surface area (Å²) in [6, 6.07) is 6.98. The Bertz CT molecular complexity index is 771. The molecule has 8 heteroatoms. The summed E-state index contributed by atoms with van der Waals surface area (Å²) < 4.78 is 0. The van der Waals surface area contributed by atoms with Crippen LogP contribution in [-0.2, 0) is 10.2 Å². The van der Waals surface area contributed by atoms with Crippen LogP contribution in [0.2, 0.25) is 5.02 Å². The van der Waals surface area contributed by atoms with Crippen LogP contribution in [-0.4, -0.2) is 36.1 Å². The van der Waals surface area contributed by atoms with Crippen molar-refractivity contribution in [3.05, 3.63) is 34.9 Å². The Labute approximate surface area is 156 Å². The lowest BCUT2D eigenvalue weighted by Gasteiger charge is -2.44. The zero-order chi connectivity index (χ0) is 18.4. The molecule has 4 N–H and O–H groups in total. The Hall–Kier alpha value is -2.28. The number of urea groups is 2. The molecule has 7 nitrogen and oxygen atoms in total. The number of hydrogen-bond donors (Lipinski definition) is 4. The molecule has 4 rings (SSSR count). The SMILES string of the molecule is O=C(NCC1(c2cccc(Cl)c2)CCC1)NC1CC2(C1)NC(=O)NC2=O. The summed E-state index contributed by atoms with van der Waals surface area (Å²) >= 11 is 6.11. The van der Waals surface area contributed by atoms with E-state index in [0.717, 1.165) is 24.8 Å². The predicted molar refractivity (Wildman–Crippen MR) is 95.9 cm³/mol. The quantitative estimate of drug-likeness (QED) is 0.603. The molecule has 0 atom stereocenters. The second kappa shape index (κ2) is 6.16. The summed E-state index contributed by atoms with van der Waals surface area (Å²) in [5.74, 6) is -0.310. The summed E-state index contributed by atoms with van der Waals surface area (Å²) in [5, 5.41) is 11.4. The highest BCUT2D eigenvalue weighted by Crippen LogP contribution is 2.43. The van der Waals surface area contributed by atoms with Crippen molar-refractivity contribution in [2.45, 2.75) is 49.1 Å². The van der Waals surface area contributed by atoms with Gasteiger partial charge in [0.25, 0.3) is 5.91 Å². The van der Waals surface area contributed by atoms with Gasteiger partial charge in [0.2, 0.25) is 0 Å². The van der Waals surface area contributed by atoms with E-state index in [1.807, 2.05) is 18.2 Å². The average Bonchev–Trinajstić information content (AvgIpc) is 2.80. The second-order valence-corrected chi connectivity index (χ2v) is 8.00. The molecule has 1 heterocycles. The van der Waals surface area contributed by atoms with Gasteiger partial charge in [-0.15, -0.1) is 0 Å². The highest BCUT2D eigenvalue weighted by Gasteiger charge is 2.55. The van der Waals surface area contributed by atoms with E-state index < -0.39 is 11.6 Å². The monoisotopic (exact) mass is 376 g/mol. The van der Waals surface area contributed by atoms with E-state index in [9.17, 15) is 14.4 Å². The van der Waals surface area contributed by atoms with Gasteiger partial charge < -0.3 is 16.0 Å². The molecule has 1 saturated heterocycles. The minimum Gasteiger partial charge on any atom is -0.337 e. The van der Waals surface area contributed by atoms with E-state index in [-0.39, 0.29) is 23.4 Å². The Balaban J connectivity index is 1.29. The van der Waals surface area contributed by atoms with Gasteiger partial charge in [-0.2, -0.15) is 0 Å². The number of nitrogens with one attached hydrogen (secondary N) is 4. The minimum absolute atomic E-state index is 0.0532. The van der Waals surface area contributed by atoms with Gasteiger partial charge >= 0.3 is 12.1 Å². The van der Waals surface area contributed by atoms with Crippen molar-refractivity contribution in [2.24, 2.45) is 0 Å². The van der Waals surface area contributed by atoms with Gasteiger partial charge in [-0.05, 0) is 30.5 Å². The van der Waals surface area contributed by atoms with Gasteiger partial charge in [0.1, 0.15) is 5.54 Å². The van der Waals surface area contributed by atoms with Crippen molar-refractivity contribution in [3.8, 4) is 0 Å². The van der Waals surface area contributed by atoms with Crippen LogP contribution >= 0.6 is 11.6 Å². The Morgan fingerprint density at radius 3 is 2.62 bits per heavy atom. The van der Waals surface area contributed by atoms with Crippen molar-refractivity contribution in [2.75, 3.05) is 6.54 Å². The number of amides is 5. The standard InChI is InChI=1S/C18H21ClN4O3/c19-12-4-1-3-11(7-12)17(5-2-6-17)10-20-15(25)21-13-8-18(9-13)14(24)22-16(26)23-18/h1,3-4,7,13H,2,5-6,8-10H2,(H2,20,21,25)(H2,22,23,24,26). The molecule has 1 aromatic rings. The molecule has 138 valence electrons. The second-order valence-electron chi connectivity index (χ2n) is 7.57. The minimum atomic E-state index is -0.842. The molecule has 0 bridgehead atoms. The molecule has 1 aromatic carbocycles. The molecular weight excluding hydrogens is 356 g/mol. The van der Waals surface area contributed by atoms with Crippen molar-refractivity contribution >= 4 is 29.6 Å². The summed E-state index contributed by atoms with van der Waals surface area (Å²) in [6.07, 6.45) is 4.00. The van der Waals surface area contributed by atoms with E-state index in [0.29, 0.717) is 24.4 Å². The zero-order valence-electron chi connectivity index (χ0n) is 14.2. The van der Waals surface area contributed by atoms with Crippen LogP contribution in [0.4, 0.5) is 9.59 Å². The van der Waals surface area contributed by atoms with Crippen LogP contribution in [0.1, 0.15) is 37.7 Å². The molecule has 5 amide bonds. The topological polar surface area (TPSA) is 99.3 Å². The van der Waals surface area contributed by atoms with E-state index in [4.69, 9.17) is 11.6 Å². The van der Waals surface area contributed by atoms with Gasteiger partial charge in [0.05, 0.1) is 0 Å². The Morgan fingerprint density at radius 2 is 2.04 bits per heavy atom. The van der Waals surface area contributed by atoms with E-state index >= 15 is 0 Å². The fourth-order valence-electron chi connectivity index (χ4n) is 4.17. The summed E-state index contributed by atoms with van der Waals surface area (Å²) in [5.41, 5.74) is 0.261. The lowest BCUT2D eigenvalue weighted by Crippen LogP contribution is -2.64. The molecule has 3 aliphatic rings. The third-order valence-electron chi connectivity index (χ3n) is 5.87. The highest BCUT2D eigenvalue weighted by atomic mass is 35.5. The lowest BCUT2D eigenvalue weighted by molar-refractivity contribution is -0.127. The number of carbonyl (C=O) groups is 3. The van der Waals surface area contributed by atoms with Gasteiger partial charge in [0.15, 0.2) is 0 Å². The van der Waals surface area contributed by atoms with Gasteiger partial charge in [-0.25, -0.2) is 9.59 Å². The molecule has 2 saturated carbocycles. The van der Waals surface area contributed by atoms with E-state index in [1.165, 1.54) is 0 Å². The molecule has 1 spiro atoms. The molecule has 1 aliphatic heterocycles. The Kier molecular flexibility index (Phi) is 4.06. The molecule has 2 aliphatic carbocycles. The molecule has 0 radical (unpaired) electrons. The van der Waals surface area contributed by atoms with Gasteiger partial charge in [0, 0.05) is 35.9 Å². The summed E-state index contributed by atoms with van der Waals surface area (Å²) in [6.45, 7) is 0.550. The molecule has 0 unspecified atom stereocenters. The predicted octanol–water partition coefficient (Wildman–Crippen LogP) is 1.80. The highest BCUT2D eigenvalue weighted by molar-refractivity contribution is 6.30. The first-order valence-electron chi connectivity index (χ1n) is 8.85. The number of halogens is 1. The van der Waals surface area contributed by atoms with Gasteiger partial charge in [-0.3, -0.25) is 10.1 Å². The number of imide groups is 1. The fraction of sp³-hybridized carbons (Fsp3) is 0.500. The lowest BCUT2D eigenvalue weighted by atomic mass is 9.64. The van der Waals surface area contributed by atoms with Crippen LogP contribution in [0, 0.1) is 0 Å². The first-order chi connectivity index (χ1) is 12.4. The third kappa shape index (κ3) is 2.90. The van der Waals surface area contributed by atoms with Crippen molar-refractivity contribution in [3.63, 3.8) is 0 Å². The van der Waals surface area contributed by atoms with Crippen LogP contribution in [0.3, 0.4) is 0 Å². The van der Waals surface area contributed by atoms with Crippen LogP contribution < -0.4 is 21.3 Å². The summed E-state index contributed by atoms with van der Waals surface area (Å²) in [4.78, 5) is 35.3. The maximum absolute atomic E-state index is 12.2. The van der Waals surface area contributed by atoms with Crippen molar-refractivity contribution < 1.29 is 14.4 Å². The Morgan fingerprint density at radius 1 is 1.27 bits per heavy atom. The molecule has 3 fully saturated rings. The largest absolute Gasteiger partial charge is 0.337 e. The van der Waals surface area contributed by atoms with Crippen molar-refractivity contribution in [1.29, 1.82) is 0 Å². The smallest absolute Gasteiger partial charge is 0.322 e. The first kappa shape index (κ1) is 17.1. The molecule has 0 aromatic heterocycles. The van der Waals surface area contributed by atoms with Crippen molar-refractivity contribution in [1.82, 2.24) is 21.3 Å². The average molecular weight is 377 g/mol. The van der Waals surface area contributed by atoms with Gasteiger partial charge in [-0.1, -0.05) is 30.2 Å². The molecule has 26 heavy (non-hydrogen) atoms. The first-order valence-corrected chi connectivity index (χ1v) is 9.23. The zero-order valence-corrected chi connectivity index (χ0v) is 15.0. The maximum Gasteiger partial charge on any atom is 0.322 e. The number of benzene rings is 1. The normalized spacial score (nSPS) is 28.6. The maximum atomic E-state index is 12.2. The van der Waals surface area contributed by atoms with Crippen LogP contribution in [0.15, 0.2) is 24.3 Å². The van der Waals surface area contributed by atoms with E-state index in [1.54, 1.807) is 0 Å². The number of hydrogen-bond acceptors (Lipinski definition) is 3. The van der Waals surface area contributed by atoms with Crippen LogP contribution in [0.25, 0.3) is 0 Å². The molecular formula is C18H21ClN4O3.